The lowest BCUT2D eigenvalue weighted by molar-refractivity contribution is 0.477. The second-order valence-electron chi connectivity index (χ2n) is 4.51. The number of nitrogens with zero attached hydrogens (tertiary/aromatic N) is 2. The molecule has 1 N–H and O–H groups in total. The van der Waals surface area contributed by atoms with E-state index >= 15 is 0 Å². The lowest BCUT2D eigenvalue weighted by Gasteiger charge is -2.15. The maximum absolute atomic E-state index is 12.4. The molecule has 1 aromatic heterocycles. The highest BCUT2D eigenvalue weighted by atomic mass is 32.2. The van der Waals surface area contributed by atoms with Crippen molar-refractivity contribution in [3.8, 4) is 0 Å². The molecule has 0 saturated carbocycles. The minimum absolute atomic E-state index is 0.369. The van der Waals surface area contributed by atoms with Crippen LogP contribution in [0.5, 0.6) is 0 Å². The summed E-state index contributed by atoms with van der Waals surface area (Å²) >= 11 is 1.46. The Labute approximate surface area is 116 Å². The molecule has 0 radical (unpaired) electrons. The summed E-state index contributed by atoms with van der Waals surface area (Å²) in [5.41, 5.74) is 0.828. The van der Waals surface area contributed by atoms with Gasteiger partial charge in [0.05, 0.1) is 15.1 Å². The SMILES string of the molecule is CNc1nc2ccc(S(=O)(=O)N3CCCC3)cc2s1. The van der Waals surface area contributed by atoms with Crippen molar-refractivity contribution in [3.63, 3.8) is 0 Å². The molecule has 0 unspecified atom stereocenters. The number of benzene rings is 1. The molecule has 1 aromatic carbocycles. The Hall–Kier alpha value is -1.18. The summed E-state index contributed by atoms with van der Waals surface area (Å²) < 4.78 is 27.4. The molecular weight excluding hydrogens is 282 g/mol. The van der Waals surface area contributed by atoms with Crippen LogP contribution in [0.2, 0.25) is 0 Å². The predicted molar refractivity (Wildman–Crippen MR) is 77.2 cm³/mol. The Morgan fingerprint density at radius 2 is 2.05 bits per heavy atom. The number of nitrogens with one attached hydrogen (secondary N) is 1. The molecule has 0 atom stereocenters. The van der Waals surface area contributed by atoms with Crippen molar-refractivity contribution >= 4 is 36.7 Å². The molecule has 19 heavy (non-hydrogen) atoms. The van der Waals surface area contributed by atoms with Gasteiger partial charge < -0.3 is 5.32 Å². The molecule has 7 heteroatoms. The van der Waals surface area contributed by atoms with E-state index in [4.69, 9.17) is 0 Å². The normalized spacial score (nSPS) is 17.1. The van der Waals surface area contributed by atoms with Crippen molar-refractivity contribution in [1.29, 1.82) is 0 Å². The van der Waals surface area contributed by atoms with E-state index in [1.54, 1.807) is 29.6 Å². The summed E-state index contributed by atoms with van der Waals surface area (Å²) in [7, 11) is -1.53. The van der Waals surface area contributed by atoms with Gasteiger partial charge in [-0.3, -0.25) is 0 Å². The van der Waals surface area contributed by atoms with E-state index in [1.165, 1.54) is 11.3 Å². The van der Waals surface area contributed by atoms with Crippen LogP contribution in [-0.2, 0) is 10.0 Å². The summed E-state index contributed by atoms with van der Waals surface area (Å²) in [6.45, 7) is 1.26. The molecule has 1 aliphatic heterocycles. The molecule has 1 saturated heterocycles. The molecule has 3 rings (SSSR count). The Morgan fingerprint density at radius 1 is 1.32 bits per heavy atom. The average molecular weight is 297 g/mol. The van der Waals surface area contributed by atoms with Crippen molar-refractivity contribution in [2.45, 2.75) is 17.7 Å². The van der Waals surface area contributed by atoms with E-state index in [0.29, 0.717) is 18.0 Å². The van der Waals surface area contributed by atoms with E-state index < -0.39 is 10.0 Å². The van der Waals surface area contributed by atoms with Crippen LogP contribution in [-0.4, -0.2) is 37.8 Å². The first-order valence-electron chi connectivity index (χ1n) is 6.20. The number of hydrogen-bond acceptors (Lipinski definition) is 5. The first-order chi connectivity index (χ1) is 9.11. The largest absolute Gasteiger partial charge is 0.365 e. The van der Waals surface area contributed by atoms with Crippen molar-refractivity contribution in [3.05, 3.63) is 18.2 Å². The van der Waals surface area contributed by atoms with E-state index in [0.717, 1.165) is 28.2 Å². The van der Waals surface area contributed by atoms with Crippen LogP contribution in [0.3, 0.4) is 0 Å². The summed E-state index contributed by atoms with van der Waals surface area (Å²) in [4.78, 5) is 4.72. The highest BCUT2D eigenvalue weighted by Crippen LogP contribution is 2.29. The fraction of sp³-hybridized carbons (Fsp3) is 0.417. The molecule has 0 amide bonds. The number of fused-ring (bicyclic) bond motifs is 1. The van der Waals surface area contributed by atoms with Gasteiger partial charge >= 0.3 is 0 Å². The van der Waals surface area contributed by atoms with E-state index in [2.05, 4.69) is 10.3 Å². The number of anilines is 1. The van der Waals surface area contributed by atoms with Crippen molar-refractivity contribution < 1.29 is 8.42 Å². The molecule has 1 fully saturated rings. The smallest absolute Gasteiger partial charge is 0.243 e. The third-order valence-corrected chi connectivity index (χ3v) is 6.21. The lowest BCUT2D eigenvalue weighted by Crippen LogP contribution is -2.27. The molecule has 0 bridgehead atoms. The first-order valence-corrected chi connectivity index (χ1v) is 8.45. The molecular formula is C12H15N3O2S2. The van der Waals surface area contributed by atoms with Gasteiger partial charge in [-0.05, 0) is 31.0 Å². The van der Waals surface area contributed by atoms with Gasteiger partial charge in [-0.2, -0.15) is 4.31 Å². The second kappa shape index (κ2) is 4.73. The molecule has 1 aliphatic rings. The van der Waals surface area contributed by atoms with Crippen molar-refractivity contribution in [1.82, 2.24) is 9.29 Å². The van der Waals surface area contributed by atoms with Gasteiger partial charge in [-0.25, -0.2) is 13.4 Å². The van der Waals surface area contributed by atoms with Gasteiger partial charge in [0.1, 0.15) is 0 Å². The van der Waals surface area contributed by atoms with Crippen molar-refractivity contribution in [2.75, 3.05) is 25.5 Å². The first kappa shape index (κ1) is 12.8. The van der Waals surface area contributed by atoms with Gasteiger partial charge in [0.2, 0.25) is 10.0 Å². The summed E-state index contributed by atoms with van der Waals surface area (Å²) in [6.07, 6.45) is 1.90. The zero-order valence-corrected chi connectivity index (χ0v) is 12.2. The predicted octanol–water partition coefficient (Wildman–Crippen LogP) is 2.12. The fourth-order valence-corrected chi connectivity index (χ4v) is 4.73. The topological polar surface area (TPSA) is 62.3 Å². The molecule has 5 nitrogen and oxygen atoms in total. The highest BCUT2D eigenvalue weighted by Gasteiger charge is 2.27. The third-order valence-electron chi connectivity index (χ3n) is 3.28. The minimum atomic E-state index is -3.34. The van der Waals surface area contributed by atoms with Crippen LogP contribution in [0.25, 0.3) is 10.2 Å². The number of sulfonamides is 1. The quantitative estimate of drug-likeness (QED) is 0.942. The molecule has 0 aliphatic carbocycles. The molecule has 0 spiro atoms. The summed E-state index contributed by atoms with van der Waals surface area (Å²) in [5, 5.41) is 3.77. The fourth-order valence-electron chi connectivity index (χ4n) is 2.25. The number of hydrogen-bond donors (Lipinski definition) is 1. The van der Waals surface area contributed by atoms with Crippen LogP contribution >= 0.6 is 11.3 Å². The Balaban J connectivity index is 2.04. The van der Waals surface area contributed by atoms with Gasteiger partial charge in [0.25, 0.3) is 0 Å². The van der Waals surface area contributed by atoms with Crippen LogP contribution < -0.4 is 5.32 Å². The Morgan fingerprint density at radius 3 is 2.74 bits per heavy atom. The zero-order chi connectivity index (χ0) is 13.5. The number of thiazole rings is 1. The maximum atomic E-state index is 12.4. The average Bonchev–Trinajstić information content (AvgIpc) is 3.06. The van der Waals surface area contributed by atoms with E-state index in [9.17, 15) is 8.42 Å². The zero-order valence-electron chi connectivity index (χ0n) is 10.6. The molecule has 2 aromatic rings. The van der Waals surface area contributed by atoms with Crippen LogP contribution in [0.15, 0.2) is 23.1 Å². The van der Waals surface area contributed by atoms with Crippen LogP contribution in [0.4, 0.5) is 5.13 Å². The van der Waals surface area contributed by atoms with Gasteiger partial charge in [-0.15, -0.1) is 0 Å². The van der Waals surface area contributed by atoms with Gasteiger partial charge in [0.15, 0.2) is 5.13 Å². The van der Waals surface area contributed by atoms with Gasteiger partial charge in [0, 0.05) is 20.1 Å². The summed E-state index contributed by atoms with van der Waals surface area (Å²) in [5.74, 6) is 0. The van der Waals surface area contributed by atoms with Crippen LogP contribution in [0.1, 0.15) is 12.8 Å². The standard InChI is InChI=1S/C12H15N3O2S2/c1-13-12-14-10-5-4-9(8-11(10)18-12)19(16,17)15-6-2-3-7-15/h4-5,8H,2-3,6-7H2,1H3,(H,13,14). The maximum Gasteiger partial charge on any atom is 0.243 e. The number of rotatable bonds is 3. The second-order valence-corrected chi connectivity index (χ2v) is 7.48. The van der Waals surface area contributed by atoms with Crippen molar-refractivity contribution in [2.24, 2.45) is 0 Å². The number of aromatic nitrogens is 1. The summed E-state index contributed by atoms with van der Waals surface area (Å²) in [6, 6.07) is 5.15. The minimum Gasteiger partial charge on any atom is -0.365 e. The Bertz CT molecular complexity index is 703. The van der Waals surface area contributed by atoms with E-state index in [1.807, 2.05) is 0 Å². The monoisotopic (exact) mass is 297 g/mol. The molecule has 102 valence electrons. The Kier molecular flexibility index (Phi) is 3.20. The molecule has 2 heterocycles. The highest BCUT2D eigenvalue weighted by molar-refractivity contribution is 7.89. The van der Waals surface area contributed by atoms with E-state index in [-0.39, 0.29) is 0 Å². The van der Waals surface area contributed by atoms with Gasteiger partial charge in [-0.1, -0.05) is 11.3 Å². The lowest BCUT2D eigenvalue weighted by atomic mass is 10.3. The third kappa shape index (κ3) is 2.22. The van der Waals surface area contributed by atoms with Crippen LogP contribution in [0, 0.1) is 0 Å².